The summed E-state index contributed by atoms with van der Waals surface area (Å²) < 4.78 is 0. The maximum Gasteiger partial charge on any atom is 0.313 e. The van der Waals surface area contributed by atoms with Crippen molar-refractivity contribution in [2.75, 3.05) is 11.9 Å². The van der Waals surface area contributed by atoms with E-state index in [0.717, 1.165) is 16.7 Å². The predicted octanol–water partition coefficient (Wildman–Crippen LogP) is 3.91. The largest absolute Gasteiger partial charge is 0.347 e. The number of anilines is 1. The first kappa shape index (κ1) is 18.3. The van der Waals surface area contributed by atoms with Crippen molar-refractivity contribution in [1.82, 2.24) is 5.32 Å². The number of aryl methyl sites for hydroxylation is 2. The molecule has 0 atom stereocenters. The van der Waals surface area contributed by atoms with E-state index < -0.39 is 11.8 Å². The second-order valence-corrected chi connectivity index (χ2v) is 6.37. The number of carbonyl (C=O) groups excluding carboxylic acids is 2. The van der Waals surface area contributed by atoms with Gasteiger partial charge in [-0.05, 0) is 55.2 Å². The van der Waals surface area contributed by atoms with E-state index in [9.17, 15) is 9.59 Å². The third-order valence-corrected chi connectivity index (χ3v) is 4.00. The molecule has 6 heteroatoms. The summed E-state index contributed by atoms with van der Waals surface area (Å²) in [6, 6.07) is 11.0. The van der Waals surface area contributed by atoms with E-state index in [1.165, 1.54) is 0 Å². The van der Waals surface area contributed by atoms with Gasteiger partial charge in [-0.2, -0.15) is 0 Å². The summed E-state index contributed by atoms with van der Waals surface area (Å²) in [4.78, 5) is 23.9. The zero-order valence-corrected chi connectivity index (χ0v) is 15.0. The van der Waals surface area contributed by atoms with Gasteiger partial charge < -0.3 is 10.6 Å². The van der Waals surface area contributed by atoms with Crippen LogP contribution in [0.15, 0.2) is 36.4 Å². The first-order chi connectivity index (χ1) is 11.4. The van der Waals surface area contributed by atoms with Gasteiger partial charge in [0.05, 0.1) is 10.7 Å². The van der Waals surface area contributed by atoms with Crippen LogP contribution in [0.1, 0.15) is 16.7 Å². The lowest BCUT2D eigenvalue weighted by Crippen LogP contribution is -2.36. The van der Waals surface area contributed by atoms with E-state index in [1.54, 1.807) is 12.1 Å². The van der Waals surface area contributed by atoms with Gasteiger partial charge in [-0.15, -0.1) is 0 Å². The van der Waals surface area contributed by atoms with Crippen molar-refractivity contribution < 1.29 is 9.59 Å². The molecule has 0 radical (unpaired) electrons. The molecule has 2 aromatic rings. The molecule has 0 unspecified atom stereocenters. The molecule has 0 aliphatic carbocycles. The van der Waals surface area contributed by atoms with E-state index in [1.807, 2.05) is 38.1 Å². The molecule has 2 amide bonds. The van der Waals surface area contributed by atoms with Crippen molar-refractivity contribution in [1.29, 1.82) is 0 Å². The highest BCUT2D eigenvalue weighted by Gasteiger charge is 2.16. The maximum absolute atomic E-state index is 12.0. The molecule has 2 rings (SSSR count). The topological polar surface area (TPSA) is 58.2 Å². The Morgan fingerprint density at radius 1 is 1.04 bits per heavy atom. The van der Waals surface area contributed by atoms with Crippen molar-refractivity contribution in [3.63, 3.8) is 0 Å². The van der Waals surface area contributed by atoms with E-state index in [2.05, 4.69) is 10.6 Å². The van der Waals surface area contributed by atoms with E-state index in [0.29, 0.717) is 28.7 Å². The molecular formula is C18H18Cl2N2O2. The van der Waals surface area contributed by atoms with Crippen molar-refractivity contribution in [2.45, 2.75) is 20.3 Å². The second-order valence-electron chi connectivity index (χ2n) is 5.53. The molecule has 24 heavy (non-hydrogen) atoms. The number of carbonyl (C=O) groups is 2. The van der Waals surface area contributed by atoms with Crippen LogP contribution in [0, 0.1) is 13.8 Å². The molecule has 0 aliphatic heterocycles. The SMILES string of the molecule is Cc1cc(C)c(NC(=O)C(=O)NCCc2cccc(Cl)c2)c(Cl)c1. The summed E-state index contributed by atoms with van der Waals surface area (Å²) in [5.41, 5.74) is 3.24. The van der Waals surface area contributed by atoms with E-state index >= 15 is 0 Å². The molecule has 2 N–H and O–H groups in total. The number of benzene rings is 2. The fourth-order valence-corrected chi connectivity index (χ4v) is 2.92. The molecule has 0 spiro atoms. The Morgan fingerprint density at radius 2 is 1.79 bits per heavy atom. The molecule has 4 nitrogen and oxygen atoms in total. The van der Waals surface area contributed by atoms with Crippen LogP contribution >= 0.6 is 23.2 Å². The molecule has 0 aromatic heterocycles. The first-order valence-corrected chi connectivity index (χ1v) is 8.23. The Morgan fingerprint density at radius 3 is 2.46 bits per heavy atom. The molecule has 0 fully saturated rings. The van der Waals surface area contributed by atoms with Crippen LogP contribution in [-0.4, -0.2) is 18.4 Å². The van der Waals surface area contributed by atoms with Gasteiger partial charge >= 0.3 is 11.8 Å². The molecule has 0 bridgehead atoms. The fraction of sp³-hybridized carbons (Fsp3) is 0.222. The Hall–Kier alpha value is -2.04. The second kappa shape index (κ2) is 8.18. The summed E-state index contributed by atoms with van der Waals surface area (Å²) in [7, 11) is 0. The van der Waals surface area contributed by atoms with Gasteiger partial charge in [0.25, 0.3) is 0 Å². The summed E-state index contributed by atoms with van der Waals surface area (Å²) in [6.45, 7) is 4.08. The smallest absolute Gasteiger partial charge is 0.313 e. The third-order valence-electron chi connectivity index (χ3n) is 3.46. The minimum atomic E-state index is -0.741. The molecule has 0 aliphatic rings. The molecule has 2 aromatic carbocycles. The summed E-state index contributed by atoms with van der Waals surface area (Å²) in [5, 5.41) is 6.19. The standard InChI is InChI=1S/C18H18Cl2N2O2/c1-11-8-12(2)16(15(20)9-11)22-18(24)17(23)21-7-6-13-4-3-5-14(19)10-13/h3-5,8-10H,6-7H2,1-2H3,(H,21,23)(H,22,24). The molecular weight excluding hydrogens is 347 g/mol. The number of halogens is 2. The van der Waals surface area contributed by atoms with Crippen molar-refractivity contribution in [2.24, 2.45) is 0 Å². The van der Waals surface area contributed by atoms with Crippen LogP contribution < -0.4 is 10.6 Å². The lowest BCUT2D eigenvalue weighted by molar-refractivity contribution is -0.136. The van der Waals surface area contributed by atoms with Crippen LogP contribution in [0.4, 0.5) is 5.69 Å². The van der Waals surface area contributed by atoms with Gasteiger partial charge in [-0.1, -0.05) is 41.4 Å². The van der Waals surface area contributed by atoms with Crippen LogP contribution in [0.3, 0.4) is 0 Å². The average Bonchev–Trinajstić information content (AvgIpc) is 2.50. The number of amides is 2. The average molecular weight is 365 g/mol. The minimum absolute atomic E-state index is 0.340. The minimum Gasteiger partial charge on any atom is -0.347 e. The Balaban J connectivity index is 1.90. The van der Waals surface area contributed by atoms with Crippen LogP contribution in [0.2, 0.25) is 10.0 Å². The monoisotopic (exact) mass is 364 g/mol. The molecule has 126 valence electrons. The zero-order valence-electron chi connectivity index (χ0n) is 13.5. The Bertz CT molecular complexity index is 752. The third kappa shape index (κ3) is 4.98. The van der Waals surface area contributed by atoms with Gasteiger partial charge in [0.2, 0.25) is 0 Å². The zero-order chi connectivity index (χ0) is 17.7. The Kier molecular flexibility index (Phi) is 6.23. The normalized spacial score (nSPS) is 10.3. The number of hydrogen-bond acceptors (Lipinski definition) is 2. The predicted molar refractivity (Wildman–Crippen MR) is 97.7 cm³/mol. The highest BCUT2D eigenvalue weighted by molar-refractivity contribution is 6.41. The van der Waals surface area contributed by atoms with Crippen molar-refractivity contribution in [3.8, 4) is 0 Å². The highest BCUT2D eigenvalue weighted by Crippen LogP contribution is 2.27. The van der Waals surface area contributed by atoms with Gasteiger partial charge in [-0.3, -0.25) is 9.59 Å². The van der Waals surface area contributed by atoms with Crippen LogP contribution in [0.25, 0.3) is 0 Å². The van der Waals surface area contributed by atoms with Crippen LogP contribution in [-0.2, 0) is 16.0 Å². The number of hydrogen-bond donors (Lipinski definition) is 2. The quantitative estimate of drug-likeness (QED) is 0.808. The lowest BCUT2D eigenvalue weighted by Gasteiger charge is -2.11. The van der Waals surface area contributed by atoms with Crippen molar-refractivity contribution in [3.05, 3.63) is 63.1 Å². The van der Waals surface area contributed by atoms with Gasteiger partial charge in [0, 0.05) is 11.6 Å². The van der Waals surface area contributed by atoms with E-state index in [4.69, 9.17) is 23.2 Å². The summed E-state index contributed by atoms with van der Waals surface area (Å²) in [6.07, 6.45) is 0.587. The Labute approximate surface area is 151 Å². The first-order valence-electron chi connectivity index (χ1n) is 7.47. The van der Waals surface area contributed by atoms with E-state index in [-0.39, 0.29) is 0 Å². The molecule has 0 saturated carbocycles. The van der Waals surface area contributed by atoms with Crippen LogP contribution in [0.5, 0.6) is 0 Å². The number of nitrogens with one attached hydrogen (secondary N) is 2. The lowest BCUT2D eigenvalue weighted by atomic mass is 10.1. The summed E-state index contributed by atoms with van der Waals surface area (Å²) in [5.74, 6) is -1.44. The molecule has 0 heterocycles. The van der Waals surface area contributed by atoms with Gasteiger partial charge in [0.15, 0.2) is 0 Å². The number of rotatable bonds is 4. The summed E-state index contributed by atoms with van der Waals surface area (Å²) >= 11 is 12.0. The maximum atomic E-state index is 12.0. The van der Waals surface area contributed by atoms with Gasteiger partial charge in [-0.25, -0.2) is 0 Å². The highest BCUT2D eigenvalue weighted by atomic mass is 35.5. The molecule has 0 saturated heterocycles. The van der Waals surface area contributed by atoms with Crippen molar-refractivity contribution >= 4 is 40.7 Å². The fourth-order valence-electron chi connectivity index (χ4n) is 2.34. The van der Waals surface area contributed by atoms with Gasteiger partial charge in [0.1, 0.15) is 0 Å².